The van der Waals surface area contributed by atoms with E-state index in [1.54, 1.807) is 30.1 Å². The van der Waals surface area contributed by atoms with Gasteiger partial charge in [-0.3, -0.25) is 13.9 Å². The monoisotopic (exact) mass is 600 g/mol. The van der Waals surface area contributed by atoms with E-state index in [4.69, 9.17) is 8.83 Å². The van der Waals surface area contributed by atoms with Crippen LogP contribution in [0.15, 0.2) is 69.5 Å². The number of furan rings is 1. The highest BCUT2D eigenvalue weighted by molar-refractivity contribution is 7.92. The molecule has 1 aliphatic heterocycles. The number of hydrogen-bond donors (Lipinski definition) is 1. The molecule has 222 valence electrons. The van der Waals surface area contributed by atoms with Crippen molar-refractivity contribution < 1.29 is 26.8 Å². The number of fused-ring (bicyclic) bond motifs is 2. The summed E-state index contributed by atoms with van der Waals surface area (Å²) in [4.78, 5) is 32.8. The number of oxazole rings is 1. The quantitative estimate of drug-likeness (QED) is 0.279. The Morgan fingerprint density at radius 1 is 1.05 bits per heavy atom. The number of carbonyl (C=O) groups excluding carboxylic acids is 2. The van der Waals surface area contributed by atoms with E-state index in [2.05, 4.69) is 10.3 Å². The summed E-state index contributed by atoms with van der Waals surface area (Å²) >= 11 is 0. The van der Waals surface area contributed by atoms with Crippen LogP contribution in [0.5, 0.6) is 0 Å². The lowest BCUT2D eigenvalue weighted by Crippen LogP contribution is -2.39. The molecule has 3 heterocycles. The molecule has 1 aliphatic rings. The third-order valence-corrected chi connectivity index (χ3v) is 9.26. The van der Waals surface area contributed by atoms with Crippen LogP contribution in [0.25, 0.3) is 33.4 Å². The van der Waals surface area contributed by atoms with E-state index in [-0.39, 0.29) is 23.6 Å². The van der Waals surface area contributed by atoms with E-state index in [0.29, 0.717) is 70.6 Å². The fourth-order valence-electron chi connectivity index (χ4n) is 5.70. The molecule has 0 unspecified atom stereocenters. The van der Waals surface area contributed by atoms with Crippen LogP contribution in [-0.2, 0) is 10.0 Å². The zero-order chi connectivity index (χ0) is 30.5. The number of sulfonamides is 1. The van der Waals surface area contributed by atoms with Crippen LogP contribution in [0.3, 0.4) is 0 Å². The molecule has 1 fully saturated rings. The van der Waals surface area contributed by atoms with Crippen LogP contribution in [0.4, 0.5) is 5.69 Å². The molecular weight excluding hydrogens is 568 g/mol. The van der Waals surface area contributed by atoms with Gasteiger partial charge in [-0.25, -0.2) is 13.4 Å². The summed E-state index contributed by atoms with van der Waals surface area (Å²) < 4.78 is 38.8. The second-order valence-electron chi connectivity index (χ2n) is 11.0. The smallest absolute Gasteiger partial charge is 0.309 e. The highest BCUT2D eigenvalue weighted by Gasteiger charge is 2.33. The van der Waals surface area contributed by atoms with Crippen molar-refractivity contribution in [3.05, 3.63) is 83.2 Å². The van der Waals surface area contributed by atoms with Gasteiger partial charge in [0.15, 0.2) is 5.58 Å². The maximum absolute atomic E-state index is 13.5. The summed E-state index contributed by atoms with van der Waals surface area (Å²) in [6.45, 7) is 2.82. The number of para-hydroxylation sites is 2. The minimum Gasteiger partial charge on any atom is -0.455 e. The molecule has 2 amide bonds. The Hall–Kier alpha value is -4.64. The molecule has 6 rings (SSSR count). The van der Waals surface area contributed by atoms with Gasteiger partial charge in [-0.1, -0.05) is 42.0 Å². The first-order valence-electron chi connectivity index (χ1n) is 14.0. The molecule has 0 saturated carbocycles. The van der Waals surface area contributed by atoms with Crippen LogP contribution in [0, 0.1) is 6.92 Å². The van der Waals surface area contributed by atoms with Gasteiger partial charge in [0.25, 0.3) is 11.8 Å². The summed E-state index contributed by atoms with van der Waals surface area (Å²) in [5, 5.41) is 3.28. The number of aromatic nitrogens is 1. The highest BCUT2D eigenvalue weighted by Crippen LogP contribution is 2.42. The minimum atomic E-state index is -3.65. The fourth-order valence-corrected chi connectivity index (χ4v) is 6.22. The van der Waals surface area contributed by atoms with Crippen molar-refractivity contribution in [1.29, 1.82) is 0 Å². The normalized spacial score (nSPS) is 15.6. The predicted octanol–water partition coefficient (Wildman–Crippen LogP) is 5.32. The van der Waals surface area contributed by atoms with Gasteiger partial charge in [0, 0.05) is 50.1 Å². The Bertz CT molecular complexity index is 1940. The van der Waals surface area contributed by atoms with Gasteiger partial charge >= 0.3 is 5.91 Å². The number of nitrogens with one attached hydrogen (secondary N) is 1. The van der Waals surface area contributed by atoms with Gasteiger partial charge in [0.1, 0.15) is 16.9 Å². The molecule has 1 N–H and O–H groups in total. The van der Waals surface area contributed by atoms with Gasteiger partial charge in [-0.05, 0) is 43.5 Å². The van der Waals surface area contributed by atoms with Crippen LogP contribution in [0.1, 0.15) is 50.9 Å². The lowest BCUT2D eigenvalue weighted by atomic mass is 9.88. The number of benzene rings is 3. The molecule has 0 spiro atoms. The Morgan fingerprint density at radius 3 is 2.49 bits per heavy atom. The lowest BCUT2D eigenvalue weighted by Gasteiger charge is -2.34. The molecule has 0 radical (unpaired) electrons. The average molecular weight is 601 g/mol. The van der Waals surface area contributed by atoms with Crippen molar-refractivity contribution in [2.45, 2.75) is 25.7 Å². The Kier molecular flexibility index (Phi) is 7.21. The van der Waals surface area contributed by atoms with Crippen molar-refractivity contribution in [3.8, 4) is 11.3 Å². The summed E-state index contributed by atoms with van der Waals surface area (Å²) in [5.74, 6) is -0.445. The molecule has 1 saturated heterocycles. The molecule has 3 aromatic carbocycles. The highest BCUT2D eigenvalue weighted by atomic mass is 32.2. The second kappa shape index (κ2) is 10.9. The fraction of sp³-hybridized carbons (Fsp3) is 0.281. The van der Waals surface area contributed by atoms with E-state index < -0.39 is 10.0 Å². The van der Waals surface area contributed by atoms with Gasteiger partial charge in [-0.2, -0.15) is 0 Å². The minimum absolute atomic E-state index is 0.0188. The zero-order valence-corrected chi connectivity index (χ0v) is 25.2. The van der Waals surface area contributed by atoms with Gasteiger partial charge in [-0.15, -0.1) is 0 Å². The number of amides is 2. The molecule has 1 atom stereocenters. The first-order valence-corrected chi connectivity index (χ1v) is 15.9. The third-order valence-electron chi connectivity index (χ3n) is 8.07. The van der Waals surface area contributed by atoms with Gasteiger partial charge in [0.2, 0.25) is 10.0 Å². The third kappa shape index (κ3) is 5.25. The second-order valence-corrected chi connectivity index (χ2v) is 13.0. The maximum atomic E-state index is 13.5. The number of anilines is 1. The largest absolute Gasteiger partial charge is 0.455 e. The SMILES string of the molecule is CNC(=O)c1c(-c2ccc(C)cc2)oc2cc(N(C)S(C)(=O)=O)c([C@@H]3CCCN(C(=O)c4nc5ccccc5o4)C3)cc12. The number of nitrogens with zero attached hydrogens (tertiary/aromatic N) is 3. The van der Waals surface area contributed by atoms with Crippen LogP contribution >= 0.6 is 0 Å². The molecule has 2 aromatic heterocycles. The molecule has 0 bridgehead atoms. The van der Waals surface area contributed by atoms with Crippen LogP contribution in [0.2, 0.25) is 0 Å². The first kappa shape index (κ1) is 28.5. The van der Waals surface area contributed by atoms with Crippen molar-refractivity contribution in [2.24, 2.45) is 0 Å². The first-order chi connectivity index (χ1) is 20.5. The maximum Gasteiger partial charge on any atom is 0.309 e. The Labute approximate surface area is 249 Å². The Morgan fingerprint density at radius 2 is 1.79 bits per heavy atom. The summed E-state index contributed by atoms with van der Waals surface area (Å²) in [5.41, 5.74) is 4.83. The van der Waals surface area contributed by atoms with E-state index in [9.17, 15) is 18.0 Å². The standard InChI is InChI=1S/C32H32N4O6S/c1-19-11-13-20(14-12-19)29-28(30(37)33-2)23-16-22(25(17-27(23)41-29)35(3)43(4,39)40)21-8-7-15-36(18-21)32(38)31-34-24-9-5-6-10-26(24)42-31/h5-6,9-14,16-17,21H,7-8,15,18H2,1-4H3,(H,33,37)/t21-/m1/s1. The number of carbonyl (C=O) groups is 2. The molecule has 43 heavy (non-hydrogen) atoms. The zero-order valence-electron chi connectivity index (χ0n) is 24.4. The lowest BCUT2D eigenvalue weighted by molar-refractivity contribution is 0.0669. The number of aryl methyl sites for hydroxylation is 1. The van der Waals surface area contributed by atoms with Gasteiger partial charge < -0.3 is 19.1 Å². The number of rotatable bonds is 6. The molecule has 5 aromatic rings. The average Bonchev–Trinajstić information content (AvgIpc) is 3.61. The topological polar surface area (TPSA) is 126 Å². The van der Waals surface area contributed by atoms with E-state index in [0.717, 1.165) is 17.4 Å². The van der Waals surface area contributed by atoms with Crippen LogP contribution in [-0.4, -0.2) is 63.6 Å². The summed E-state index contributed by atoms with van der Waals surface area (Å²) in [6, 6.07) is 18.4. The number of likely N-dealkylation sites (tertiary alicyclic amines) is 1. The van der Waals surface area contributed by atoms with Crippen molar-refractivity contribution >= 4 is 49.6 Å². The molecule has 11 heteroatoms. The van der Waals surface area contributed by atoms with Gasteiger partial charge in [0.05, 0.1) is 17.5 Å². The Balaban J connectivity index is 1.46. The summed E-state index contributed by atoms with van der Waals surface area (Å²) in [6.07, 6.45) is 2.55. The van der Waals surface area contributed by atoms with E-state index in [1.807, 2.05) is 49.4 Å². The summed E-state index contributed by atoms with van der Waals surface area (Å²) in [7, 11) is -0.595. The van der Waals surface area contributed by atoms with Crippen molar-refractivity contribution in [2.75, 3.05) is 37.7 Å². The van der Waals surface area contributed by atoms with E-state index in [1.165, 1.54) is 11.4 Å². The molecular formula is C32H32N4O6S. The molecule has 0 aliphatic carbocycles. The van der Waals surface area contributed by atoms with Crippen molar-refractivity contribution in [3.63, 3.8) is 0 Å². The molecule has 10 nitrogen and oxygen atoms in total. The predicted molar refractivity (Wildman–Crippen MR) is 165 cm³/mol. The van der Waals surface area contributed by atoms with Crippen LogP contribution < -0.4 is 9.62 Å². The number of hydrogen-bond acceptors (Lipinski definition) is 7. The number of piperidine rings is 1. The van der Waals surface area contributed by atoms with E-state index >= 15 is 0 Å². The van der Waals surface area contributed by atoms with Crippen molar-refractivity contribution in [1.82, 2.24) is 15.2 Å².